The molecule has 0 amide bonds. The predicted octanol–water partition coefficient (Wildman–Crippen LogP) is 4.05. The van der Waals surface area contributed by atoms with Crippen molar-refractivity contribution >= 4 is 5.69 Å². The molecule has 2 nitrogen and oxygen atoms in total. The Balaban J connectivity index is 3.16. The fraction of sp³-hybridized carbons (Fsp3) is 0.600. The molecule has 20 heavy (non-hydrogen) atoms. The molecule has 1 aromatic carbocycles. The van der Waals surface area contributed by atoms with E-state index in [-0.39, 0.29) is 0 Å². The maximum Gasteiger partial charge on any atom is 0.416 e. The maximum absolute atomic E-state index is 12.9. The van der Waals surface area contributed by atoms with E-state index in [4.69, 9.17) is 0 Å². The zero-order valence-corrected chi connectivity index (χ0v) is 12.5. The lowest BCUT2D eigenvalue weighted by molar-refractivity contribution is -0.137. The summed E-state index contributed by atoms with van der Waals surface area (Å²) in [4.78, 5) is 1.95. The van der Waals surface area contributed by atoms with E-state index in [1.54, 1.807) is 6.07 Å². The second-order valence-corrected chi connectivity index (χ2v) is 5.05. The van der Waals surface area contributed by atoms with Gasteiger partial charge in [0.05, 0.1) is 5.56 Å². The van der Waals surface area contributed by atoms with Gasteiger partial charge in [-0.2, -0.15) is 13.2 Å². The Morgan fingerprint density at radius 2 is 1.75 bits per heavy atom. The van der Waals surface area contributed by atoms with Crippen LogP contribution in [0.3, 0.4) is 0 Å². The number of anilines is 1. The number of alkyl halides is 3. The monoisotopic (exact) mass is 288 g/mol. The second-order valence-electron chi connectivity index (χ2n) is 5.05. The first-order valence-electron chi connectivity index (χ1n) is 6.98. The van der Waals surface area contributed by atoms with Gasteiger partial charge in [0, 0.05) is 31.4 Å². The molecule has 0 aliphatic heterocycles. The molecule has 0 saturated carbocycles. The SMILES string of the molecule is CCN(CC)c1cc(C(F)(F)F)ccc1CNC(C)C. The quantitative estimate of drug-likeness (QED) is 0.849. The highest BCUT2D eigenvalue weighted by Gasteiger charge is 2.31. The van der Waals surface area contributed by atoms with Gasteiger partial charge in [0.2, 0.25) is 0 Å². The van der Waals surface area contributed by atoms with Crippen LogP contribution in [-0.2, 0) is 12.7 Å². The normalized spacial score (nSPS) is 12.0. The maximum atomic E-state index is 12.9. The Hall–Kier alpha value is -1.23. The molecule has 0 aromatic heterocycles. The van der Waals surface area contributed by atoms with Gasteiger partial charge in [0.25, 0.3) is 0 Å². The minimum atomic E-state index is -4.30. The van der Waals surface area contributed by atoms with Crippen LogP contribution in [0.4, 0.5) is 18.9 Å². The zero-order chi connectivity index (χ0) is 15.3. The molecule has 0 heterocycles. The summed E-state index contributed by atoms with van der Waals surface area (Å²) in [5.41, 5.74) is 0.973. The van der Waals surface area contributed by atoms with Crippen molar-refractivity contribution in [3.8, 4) is 0 Å². The van der Waals surface area contributed by atoms with Crippen molar-refractivity contribution in [1.29, 1.82) is 0 Å². The van der Waals surface area contributed by atoms with Crippen LogP contribution in [0, 0.1) is 0 Å². The summed E-state index contributed by atoms with van der Waals surface area (Å²) in [5.74, 6) is 0. The predicted molar refractivity (Wildman–Crippen MR) is 77.0 cm³/mol. The lowest BCUT2D eigenvalue weighted by Crippen LogP contribution is -2.27. The van der Waals surface area contributed by atoms with Gasteiger partial charge in [-0.25, -0.2) is 0 Å². The molecule has 0 unspecified atom stereocenters. The van der Waals surface area contributed by atoms with E-state index >= 15 is 0 Å². The number of halogens is 3. The number of rotatable bonds is 6. The van der Waals surface area contributed by atoms with Crippen LogP contribution in [-0.4, -0.2) is 19.1 Å². The largest absolute Gasteiger partial charge is 0.416 e. The van der Waals surface area contributed by atoms with Gasteiger partial charge in [0.15, 0.2) is 0 Å². The van der Waals surface area contributed by atoms with Crippen LogP contribution in [0.2, 0.25) is 0 Å². The fourth-order valence-electron chi connectivity index (χ4n) is 2.06. The smallest absolute Gasteiger partial charge is 0.372 e. The minimum absolute atomic E-state index is 0.293. The summed E-state index contributed by atoms with van der Waals surface area (Å²) in [7, 11) is 0. The molecule has 0 fully saturated rings. The van der Waals surface area contributed by atoms with Crippen molar-refractivity contribution in [2.24, 2.45) is 0 Å². The zero-order valence-electron chi connectivity index (χ0n) is 12.5. The van der Waals surface area contributed by atoms with Crippen molar-refractivity contribution < 1.29 is 13.2 Å². The van der Waals surface area contributed by atoms with E-state index in [1.165, 1.54) is 6.07 Å². The second kappa shape index (κ2) is 6.97. The first-order chi connectivity index (χ1) is 9.29. The molecule has 5 heteroatoms. The molecule has 0 aliphatic rings. The van der Waals surface area contributed by atoms with Crippen molar-refractivity contribution in [2.75, 3.05) is 18.0 Å². The lowest BCUT2D eigenvalue weighted by atomic mass is 10.1. The van der Waals surface area contributed by atoms with Crippen molar-refractivity contribution in [1.82, 2.24) is 5.32 Å². The third-order valence-electron chi connectivity index (χ3n) is 3.22. The number of benzene rings is 1. The van der Waals surface area contributed by atoms with Gasteiger partial charge < -0.3 is 10.2 Å². The Morgan fingerprint density at radius 1 is 1.15 bits per heavy atom. The van der Waals surface area contributed by atoms with E-state index in [0.717, 1.165) is 11.6 Å². The summed E-state index contributed by atoms with van der Waals surface area (Å²) in [6.45, 7) is 9.87. The molecule has 0 spiro atoms. The third kappa shape index (κ3) is 4.40. The summed E-state index contributed by atoms with van der Waals surface area (Å²) in [5, 5.41) is 3.26. The van der Waals surface area contributed by atoms with E-state index in [1.807, 2.05) is 32.6 Å². The average molecular weight is 288 g/mol. The van der Waals surface area contributed by atoms with Gasteiger partial charge in [-0.15, -0.1) is 0 Å². The minimum Gasteiger partial charge on any atom is -0.372 e. The molecule has 0 atom stereocenters. The van der Waals surface area contributed by atoms with Gasteiger partial charge in [0.1, 0.15) is 0 Å². The Kier molecular flexibility index (Phi) is 5.87. The molecular weight excluding hydrogens is 265 g/mol. The molecule has 1 N–H and O–H groups in total. The lowest BCUT2D eigenvalue weighted by Gasteiger charge is -2.26. The van der Waals surface area contributed by atoms with Crippen molar-refractivity contribution in [2.45, 2.75) is 46.5 Å². The van der Waals surface area contributed by atoms with Gasteiger partial charge in [-0.1, -0.05) is 19.9 Å². The fourth-order valence-corrected chi connectivity index (χ4v) is 2.06. The average Bonchev–Trinajstić information content (AvgIpc) is 2.37. The summed E-state index contributed by atoms with van der Waals surface area (Å²) in [6, 6.07) is 4.28. The molecule has 0 saturated heterocycles. The standard InChI is InChI=1S/C15H23F3N2/c1-5-20(6-2)14-9-13(15(16,17)18)8-7-12(14)10-19-11(3)4/h7-9,11,19H,5-6,10H2,1-4H3. The molecule has 0 radical (unpaired) electrons. The first kappa shape index (κ1) is 16.8. The number of hydrogen-bond donors (Lipinski definition) is 1. The Labute approximate surface area is 119 Å². The Bertz CT molecular complexity index is 424. The first-order valence-corrected chi connectivity index (χ1v) is 6.98. The van der Waals surface area contributed by atoms with Crippen LogP contribution < -0.4 is 10.2 Å². The van der Waals surface area contributed by atoms with Crippen LogP contribution in [0.5, 0.6) is 0 Å². The van der Waals surface area contributed by atoms with Crippen LogP contribution in [0.1, 0.15) is 38.8 Å². The van der Waals surface area contributed by atoms with Crippen LogP contribution >= 0.6 is 0 Å². The summed E-state index contributed by atoms with van der Waals surface area (Å²) >= 11 is 0. The highest BCUT2D eigenvalue weighted by atomic mass is 19.4. The number of nitrogens with zero attached hydrogens (tertiary/aromatic N) is 1. The highest BCUT2D eigenvalue weighted by Crippen LogP contribution is 2.33. The van der Waals surface area contributed by atoms with Crippen molar-refractivity contribution in [3.05, 3.63) is 29.3 Å². The van der Waals surface area contributed by atoms with Crippen LogP contribution in [0.25, 0.3) is 0 Å². The van der Waals surface area contributed by atoms with E-state index in [0.29, 0.717) is 31.4 Å². The molecule has 0 bridgehead atoms. The van der Waals surface area contributed by atoms with E-state index < -0.39 is 11.7 Å². The van der Waals surface area contributed by atoms with Crippen molar-refractivity contribution in [3.63, 3.8) is 0 Å². The molecule has 1 rings (SSSR count). The number of hydrogen-bond acceptors (Lipinski definition) is 2. The molecule has 0 aliphatic carbocycles. The van der Waals surface area contributed by atoms with Gasteiger partial charge >= 0.3 is 6.18 Å². The van der Waals surface area contributed by atoms with E-state index in [9.17, 15) is 13.2 Å². The molecule has 1 aromatic rings. The van der Waals surface area contributed by atoms with Gasteiger partial charge in [-0.05, 0) is 31.5 Å². The van der Waals surface area contributed by atoms with E-state index in [2.05, 4.69) is 5.32 Å². The van der Waals surface area contributed by atoms with Crippen LogP contribution in [0.15, 0.2) is 18.2 Å². The number of nitrogens with one attached hydrogen (secondary N) is 1. The van der Waals surface area contributed by atoms with Gasteiger partial charge in [-0.3, -0.25) is 0 Å². The highest BCUT2D eigenvalue weighted by molar-refractivity contribution is 5.56. The summed E-state index contributed by atoms with van der Waals surface area (Å²) < 4.78 is 38.6. The summed E-state index contributed by atoms with van der Waals surface area (Å²) in [6.07, 6.45) is -4.30. The Morgan fingerprint density at radius 3 is 2.20 bits per heavy atom. The molecular formula is C15H23F3N2. The topological polar surface area (TPSA) is 15.3 Å². The molecule has 114 valence electrons. The third-order valence-corrected chi connectivity index (χ3v) is 3.22.